The Morgan fingerprint density at radius 2 is 2.09 bits per heavy atom. The molecule has 2 rings (SSSR count). The third-order valence-electron chi connectivity index (χ3n) is 3.46. The van der Waals surface area contributed by atoms with Gasteiger partial charge in [0.15, 0.2) is 4.77 Å². The van der Waals surface area contributed by atoms with Gasteiger partial charge in [0.2, 0.25) is 0 Å². The zero-order valence-electron chi connectivity index (χ0n) is 13.3. The van der Waals surface area contributed by atoms with Gasteiger partial charge in [0, 0.05) is 0 Å². The van der Waals surface area contributed by atoms with Crippen LogP contribution >= 0.6 is 24.0 Å². The molecule has 1 unspecified atom stereocenters. The van der Waals surface area contributed by atoms with Gasteiger partial charge in [-0.1, -0.05) is 32.9 Å². The molecule has 0 spiro atoms. The van der Waals surface area contributed by atoms with Gasteiger partial charge in [-0.15, -0.1) is 11.8 Å². The first kappa shape index (κ1) is 17.1. The van der Waals surface area contributed by atoms with Gasteiger partial charge in [0.25, 0.3) is 0 Å². The highest BCUT2D eigenvalue weighted by atomic mass is 32.2. The maximum atomic E-state index is 6.20. The van der Waals surface area contributed by atoms with Crippen molar-refractivity contribution < 1.29 is 4.74 Å². The Morgan fingerprint density at radius 1 is 1.27 bits per heavy atom. The van der Waals surface area contributed by atoms with Crippen LogP contribution in [0.2, 0.25) is 0 Å². The molecule has 1 aromatic heterocycles. The van der Waals surface area contributed by atoms with Gasteiger partial charge in [-0.2, -0.15) is 5.10 Å². The van der Waals surface area contributed by atoms with Crippen molar-refractivity contribution in [3.63, 3.8) is 0 Å². The molecular formula is C16H23N3OS2. The number of benzene rings is 1. The summed E-state index contributed by atoms with van der Waals surface area (Å²) in [5.41, 5.74) is 2.74. The van der Waals surface area contributed by atoms with E-state index in [1.54, 1.807) is 11.8 Å². The lowest BCUT2D eigenvalue weighted by molar-refractivity contribution is 0.281. The van der Waals surface area contributed by atoms with Crippen molar-refractivity contribution in [1.82, 2.24) is 15.2 Å². The molecule has 0 bridgehead atoms. The number of nitrogens with one attached hydrogen (secondary N) is 2. The smallest absolute Gasteiger partial charge is 0.192 e. The number of hydrogen-bond donors (Lipinski definition) is 2. The Labute approximate surface area is 141 Å². The van der Waals surface area contributed by atoms with Gasteiger partial charge in [-0.05, 0) is 48.7 Å². The van der Waals surface area contributed by atoms with E-state index in [0.29, 0.717) is 4.77 Å². The average molecular weight is 338 g/mol. The summed E-state index contributed by atoms with van der Waals surface area (Å²) < 4.78 is 6.76. The van der Waals surface area contributed by atoms with Crippen molar-refractivity contribution in [1.29, 1.82) is 0 Å². The summed E-state index contributed by atoms with van der Waals surface area (Å²) in [6.07, 6.45) is 2.98. The van der Waals surface area contributed by atoms with E-state index in [4.69, 9.17) is 17.0 Å². The SMILES string of the molecule is CCc1ccc(OC(CC)SCc2n[nH]c(=S)[nH]2)c(CC)c1. The van der Waals surface area contributed by atoms with Gasteiger partial charge < -0.3 is 9.72 Å². The quantitative estimate of drug-likeness (QED) is 0.544. The summed E-state index contributed by atoms with van der Waals surface area (Å²) in [6.45, 7) is 6.48. The van der Waals surface area contributed by atoms with E-state index in [0.717, 1.165) is 36.6 Å². The van der Waals surface area contributed by atoms with Gasteiger partial charge in [0.05, 0.1) is 5.75 Å². The lowest BCUT2D eigenvalue weighted by Crippen LogP contribution is -2.12. The predicted octanol–water partition coefficient (Wildman–Crippen LogP) is 4.64. The monoisotopic (exact) mass is 337 g/mol. The van der Waals surface area contributed by atoms with Crippen molar-refractivity contribution in [3.05, 3.63) is 39.9 Å². The summed E-state index contributed by atoms with van der Waals surface area (Å²) in [6, 6.07) is 6.50. The first-order chi connectivity index (χ1) is 10.7. The molecule has 2 N–H and O–H groups in total. The summed E-state index contributed by atoms with van der Waals surface area (Å²) >= 11 is 6.72. The lowest BCUT2D eigenvalue weighted by atomic mass is 10.1. The van der Waals surface area contributed by atoms with E-state index >= 15 is 0 Å². The molecule has 0 fully saturated rings. The number of H-pyrrole nitrogens is 2. The van der Waals surface area contributed by atoms with Crippen LogP contribution < -0.4 is 4.74 Å². The fraction of sp³-hybridized carbons (Fsp3) is 0.500. The van der Waals surface area contributed by atoms with Crippen LogP contribution in [0, 0.1) is 4.77 Å². The first-order valence-corrected chi connectivity index (χ1v) is 9.15. The molecule has 1 heterocycles. The van der Waals surface area contributed by atoms with Crippen LogP contribution in [0.15, 0.2) is 18.2 Å². The van der Waals surface area contributed by atoms with Gasteiger partial charge in [0.1, 0.15) is 17.0 Å². The molecule has 6 heteroatoms. The molecule has 0 aliphatic rings. The van der Waals surface area contributed by atoms with E-state index in [1.165, 1.54) is 11.1 Å². The standard InChI is InChI=1S/C16H23N3OS2/c1-4-11-7-8-13(12(5-2)9-11)20-15(6-3)22-10-14-17-16(21)19-18-14/h7-9,15H,4-6,10H2,1-3H3,(H2,17,18,19,21). The zero-order valence-corrected chi connectivity index (χ0v) is 14.9. The van der Waals surface area contributed by atoms with Crippen molar-refractivity contribution in [2.24, 2.45) is 0 Å². The maximum absolute atomic E-state index is 6.20. The fourth-order valence-electron chi connectivity index (χ4n) is 2.17. The second-order valence-corrected chi connectivity index (χ2v) is 6.60. The molecule has 2 aromatic rings. The lowest BCUT2D eigenvalue weighted by Gasteiger charge is -2.19. The van der Waals surface area contributed by atoms with Gasteiger partial charge in [-0.3, -0.25) is 5.10 Å². The van der Waals surface area contributed by atoms with Crippen molar-refractivity contribution in [3.8, 4) is 5.75 Å². The normalized spacial score (nSPS) is 12.3. The maximum Gasteiger partial charge on any atom is 0.192 e. The van der Waals surface area contributed by atoms with Crippen LogP contribution in [0.25, 0.3) is 0 Å². The Kier molecular flexibility index (Phi) is 6.51. The molecule has 4 nitrogen and oxygen atoms in total. The number of rotatable bonds is 8. The summed E-state index contributed by atoms with van der Waals surface area (Å²) in [7, 11) is 0. The molecule has 0 amide bonds. The van der Waals surface area contributed by atoms with Crippen LogP contribution in [0.4, 0.5) is 0 Å². The number of ether oxygens (including phenoxy) is 1. The zero-order chi connectivity index (χ0) is 15.9. The Morgan fingerprint density at radius 3 is 2.68 bits per heavy atom. The molecule has 0 aliphatic carbocycles. The van der Waals surface area contributed by atoms with Gasteiger partial charge in [-0.25, -0.2) is 0 Å². The molecular weight excluding hydrogens is 314 g/mol. The molecule has 0 radical (unpaired) electrons. The number of nitrogens with zero attached hydrogens (tertiary/aromatic N) is 1. The van der Waals surface area contributed by atoms with E-state index in [9.17, 15) is 0 Å². The predicted molar refractivity (Wildman–Crippen MR) is 95.0 cm³/mol. The van der Waals surface area contributed by atoms with E-state index < -0.39 is 0 Å². The Hall–Kier alpha value is -1.27. The topological polar surface area (TPSA) is 53.7 Å². The minimum Gasteiger partial charge on any atom is -0.480 e. The minimum atomic E-state index is 0.108. The molecule has 22 heavy (non-hydrogen) atoms. The second kappa shape index (κ2) is 8.39. The highest BCUT2D eigenvalue weighted by Crippen LogP contribution is 2.27. The largest absolute Gasteiger partial charge is 0.480 e. The number of aromatic nitrogens is 3. The molecule has 1 atom stereocenters. The third kappa shape index (κ3) is 4.61. The Balaban J connectivity index is 2.01. The molecule has 120 valence electrons. The summed E-state index contributed by atoms with van der Waals surface area (Å²) in [5, 5.41) is 6.87. The van der Waals surface area contributed by atoms with E-state index in [1.807, 2.05) is 0 Å². The van der Waals surface area contributed by atoms with Crippen LogP contribution in [0.5, 0.6) is 5.75 Å². The highest BCUT2D eigenvalue weighted by molar-refractivity contribution is 7.99. The number of aryl methyl sites for hydroxylation is 2. The molecule has 1 aromatic carbocycles. The van der Waals surface area contributed by atoms with Crippen LogP contribution in [0.3, 0.4) is 0 Å². The van der Waals surface area contributed by atoms with E-state index in [2.05, 4.69) is 54.2 Å². The van der Waals surface area contributed by atoms with E-state index in [-0.39, 0.29) is 5.44 Å². The van der Waals surface area contributed by atoms with Crippen molar-refractivity contribution in [2.75, 3.05) is 0 Å². The molecule has 0 saturated carbocycles. The summed E-state index contributed by atoms with van der Waals surface area (Å²) in [5.74, 6) is 2.60. The second-order valence-electron chi connectivity index (χ2n) is 5.04. The fourth-order valence-corrected chi connectivity index (χ4v) is 3.22. The minimum absolute atomic E-state index is 0.108. The van der Waals surface area contributed by atoms with Crippen LogP contribution in [0.1, 0.15) is 44.1 Å². The summed E-state index contributed by atoms with van der Waals surface area (Å²) in [4.78, 5) is 3.03. The van der Waals surface area contributed by atoms with Gasteiger partial charge >= 0.3 is 0 Å². The third-order valence-corrected chi connectivity index (χ3v) is 4.90. The number of thioether (sulfide) groups is 1. The Bertz CT molecular complexity index is 651. The average Bonchev–Trinajstić information content (AvgIpc) is 2.96. The number of aromatic amines is 2. The van der Waals surface area contributed by atoms with Crippen LogP contribution in [-0.2, 0) is 18.6 Å². The molecule has 0 saturated heterocycles. The van der Waals surface area contributed by atoms with Crippen LogP contribution in [-0.4, -0.2) is 20.6 Å². The first-order valence-electron chi connectivity index (χ1n) is 7.69. The number of hydrogen-bond acceptors (Lipinski definition) is 4. The van der Waals surface area contributed by atoms with Crippen molar-refractivity contribution in [2.45, 2.75) is 51.2 Å². The van der Waals surface area contributed by atoms with Crippen molar-refractivity contribution >= 4 is 24.0 Å². The molecule has 0 aliphatic heterocycles. The highest BCUT2D eigenvalue weighted by Gasteiger charge is 2.12.